The van der Waals surface area contributed by atoms with Gasteiger partial charge in [-0.2, -0.15) is 0 Å². The number of likely N-dealkylation sites (tertiary alicyclic amines) is 1. The molecule has 0 spiro atoms. The van der Waals surface area contributed by atoms with E-state index < -0.39 is 0 Å². The third-order valence-electron chi connectivity index (χ3n) is 4.08. The minimum absolute atomic E-state index is 0.105. The number of aliphatic hydroxyl groups excluding tert-OH is 1. The second-order valence-corrected chi connectivity index (χ2v) is 6.20. The lowest BCUT2D eigenvalue weighted by Gasteiger charge is -2.36. The van der Waals surface area contributed by atoms with Gasteiger partial charge >= 0.3 is 0 Å². The lowest BCUT2D eigenvalue weighted by Crippen LogP contribution is -2.44. The topological polar surface area (TPSA) is 49.5 Å². The Morgan fingerprint density at radius 1 is 1.42 bits per heavy atom. The fraction of sp³-hybridized carbons (Fsp3) is 0.600. The Morgan fingerprint density at radius 3 is 2.68 bits per heavy atom. The van der Waals surface area contributed by atoms with Crippen LogP contribution in [0.25, 0.3) is 0 Å². The fourth-order valence-corrected chi connectivity index (χ4v) is 3.25. The van der Waals surface area contributed by atoms with Crippen molar-refractivity contribution >= 4 is 15.9 Å². The van der Waals surface area contributed by atoms with Gasteiger partial charge in [0.05, 0.1) is 12.6 Å². The van der Waals surface area contributed by atoms with E-state index in [-0.39, 0.29) is 24.7 Å². The Bertz CT molecular complexity index is 396. The molecular weight excluding hydrogens is 304 g/mol. The van der Waals surface area contributed by atoms with E-state index in [1.165, 1.54) is 5.56 Å². The van der Waals surface area contributed by atoms with E-state index in [0.29, 0.717) is 0 Å². The molecule has 0 aromatic heterocycles. The van der Waals surface area contributed by atoms with Gasteiger partial charge in [-0.25, -0.2) is 0 Å². The summed E-state index contributed by atoms with van der Waals surface area (Å²) >= 11 is 3.47. The van der Waals surface area contributed by atoms with Crippen LogP contribution in [0.1, 0.15) is 37.8 Å². The fourth-order valence-electron chi connectivity index (χ4n) is 2.99. The normalized spacial score (nSPS) is 23.5. The van der Waals surface area contributed by atoms with Crippen LogP contribution in [0.5, 0.6) is 0 Å². The summed E-state index contributed by atoms with van der Waals surface area (Å²) < 4.78 is 1.08. The molecule has 1 aromatic rings. The molecule has 0 bridgehead atoms. The van der Waals surface area contributed by atoms with Crippen molar-refractivity contribution in [2.75, 3.05) is 13.2 Å². The third kappa shape index (κ3) is 3.37. The summed E-state index contributed by atoms with van der Waals surface area (Å²) in [6.45, 7) is 3.38. The number of halogens is 1. The summed E-state index contributed by atoms with van der Waals surface area (Å²) in [5.41, 5.74) is 7.60. The average Bonchev–Trinajstić information content (AvgIpc) is 2.89. The molecular formula is C15H23BrN2O. The molecule has 3 atom stereocenters. The summed E-state index contributed by atoms with van der Waals surface area (Å²) in [6.07, 6.45) is 3.16. The van der Waals surface area contributed by atoms with E-state index >= 15 is 0 Å². The lowest BCUT2D eigenvalue weighted by molar-refractivity contribution is 0.104. The van der Waals surface area contributed by atoms with Gasteiger partial charge in [0.15, 0.2) is 0 Å². The second-order valence-electron chi connectivity index (χ2n) is 5.28. The predicted octanol–water partition coefficient (Wildman–Crippen LogP) is 2.68. The summed E-state index contributed by atoms with van der Waals surface area (Å²) in [5, 5.41) is 9.54. The first-order chi connectivity index (χ1) is 9.17. The van der Waals surface area contributed by atoms with Crippen LogP contribution < -0.4 is 5.73 Å². The van der Waals surface area contributed by atoms with Crippen molar-refractivity contribution in [3.63, 3.8) is 0 Å². The molecule has 1 aliphatic rings. The lowest BCUT2D eigenvalue weighted by atomic mass is 9.95. The van der Waals surface area contributed by atoms with Crippen molar-refractivity contribution in [1.82, 2.24) is 4.90 Å². The maximum absolute atomic E-state index is 9.54. The number of benzene rings is 1. The van der Waals surface area contributed by atoms with Crippen LogP contribution in [0.4, 0.5) is 0 Å². The summed E-state index contributed by atoms with van der Waals surface area (Å²) in [4.78, 5) is 2.39. The number of hydrogen-bond acceptors (Lipinski definition) is 3. The van der Waals surface area contributed by atoms with Crippen LogP contribution >= 0.6 is 15.9 Å². The van der Waals surface area contributed by atoms with Gasteiger partial charge in [-0.15, -0.1) is 0 Å². The SMILES string of the molecule is CCC(N)C(c1ccc(Br)cc1)N1CCCC1CO. The van der Waals surface area contributed by atoms with Crippen LogP contribution in [-0.4, -0.2) is 35.2 Å². The first kappa shape index (κ1) is 15.0. The van der Waals surface area contributed by atoms with E-state index in [1.54, 1.807) is 0 Å². The minimum Gasteiger partial charge on any atom is -0.395 e. The van der Waals surface area contributed by atoms with Crippen molar-refractivity contribution in [1.29, 1.82) is 0 Å². The van der Waals surface area contributed by atoms with Crippen molar-refractivity contribution in [3.05, 3.63) is 34.3 Å². The molecule has 19 heavy (non-hydrogen) atoms. The Labute approximate surface area is 123 Å². The van der Waals surface area contributed by atoms with Crippen molar-refractivity contribution < 1.29 is 5.11 Å². The number of nitrogens with zero attached hydrogens (tertiary/aromatic N) is 1. The zero-order chi connectivity index (χ0) is 13.8. The highest BCUT2D eigenvalue weighted by atomic mass is 79.9. The monoisotopic (exact) mass is 326 g/mol. The first-order valence-corrected chi connectivity index (χ1v) is 7.84. The number of hydrogen-bond donors (Lipinski definition) is 2. The molecule has 1 fully saturated rings. The number of aliphatic hydroxyl groups is 1. The Balaban J connectivity index is 2.27. The van der Waals surface area contributed by atoms with Gasteiger partial charge < -0.3 is 10.8 Å². The highest BCUT2D eigenvalue weighted by Gasteiger charge is 2.33. The highest BCUT2D eigenvalue weighted by Crippen LogP contribution is 2.32. The van der Waals surface area contributed by atoms with Crippen LogP contribution in [0, 0.1) is 0 Å². The van der Waals surface area contributed by atoms with Gasteiger partial charge in [0.2, 0.25) is 0 Å². The van der Waals surface area contributed by atoms with E-state index in [4.69, 9.17) is 5.73 Å². The maximum atomic E-state index is 9.54. The number of nitrogens with two attached hydrogens (primary N) is 1. The van der Waals surface area contributed by atoms with E-state index in [1.807, 2.05) is 0 Å². The molecule has 3 nitrogen and oxygen atoms in total. The van der Waals surface area contributed by atoms with Gasteiger partial charge in [-0.3, -0.25) is 4.90 Å². The zero-order valence-electron chi connectivity index (χ0n) is 11.4. The van der Waals surface area contributed by atoms with Gasteiger partial charge in [0.25, 0.3) is 0 Å². The molecule has 1 aromatic carbocycles. The van der Waals surface area contributed by atoms with Crippen LogP contribution in [0.3, 0.4) is 0 Å². The molecule has 0 radical (unpaired) electrons. The molecule has 1 aliphatic heterocycles. The quantitative estimate of drug-likeness (QED) is 0.874. The Morgan fingerprint density at radius 2 is 2.11 bits per heavy atom. The molecule has 3 N–H and O–H groups in total. The molecule has 0 amide bonds. The molecule has 0 aliphatic carbocycles. The molecule has 2 rings (SSSR count). The number of rotatable bonds is 5. The highest BCUT2D eigenvalue weighted by molar-refractivity contribution is 9.10. The van der Waals surface area contributed by atoms with Crippen molar-refractivity contribution in [3.8, 4) is 0 Å². The molecule has 4 heteroatoms. The smallest absolute Gasteiger partial charge is 0.0587 e. The second kappa shape index (κ2) is 6.84. The van der Waals surface area contributed by atoms with Crippen LogP contribution in [-0.2, 0) is 0 Å². The van der Waals surface area contributed by atoms with Crippen LogP contribution in [0.2, 0.25) is 0 Å². The standard InChI is InChI=1S/C15H23BrN2O/c1-2-14(17)15(11-5-7-12(16)8-6-11)18-9-3-4-13(18)10-19/h5-8,13-15,19H,2-4,9-10,17H2,1H3. The summed E-state index contributed by atoms with van der Waals surface area (Å²) in [5.74, 6) is 0. The first-order valence-electron chi connectivity index (χ1n) is 7.05. The molecule has 106 valence electrons. The summed E-state index contributed by atoms with van der Waals surface area (Å²) in [7, 11) is 0. The molecule has 3 unspecified atom stereocenters. The van der Waals surface area contributed by atoms with E-state index in [9.17, 15) is 5.11 Å². The molecule has 1 heterocycles. The average molecular weight is 327 g/mol. The third-order valence-corrected chi connectivity index (χ3v) is 4.61. The maximum Gasteiger partial charge on any atom is 0.0587 e. The largest absolute Gasteiger partial charge is 0.395 e. The van der Waals surface area contributed by atoms with E-state index in [0.717, 1.165) is 30.3 Å². The summed E-state index contributed by atoms with van der Waals surface area (Å²) in [6, 6.07) is 8.97. The van der Waals surface area contributed by atoms with Gasteiger partial charge in [-0.05, 0) is 43.5 Å². The molecule has 1 saturated heterocycles. The van der Waals surface area contributed by atoms with Gasteiger partial charge in [0.1, 0.15) is 0 Å². The molecule has 0 saturated carbocycles. The van der Waals surface area contributed by atoms with E-state index in [2.05, 4.69) is 52.0 Å². The Kier molecular flexibility index (Phi) is 5.39. The predicted molar refractivity (Wildman–Crippen MR) is 82.0 cm³/mol. The van der Waals surface area contributed by atoms with Crippen molar-refractivity contribution in [2.24, 2.45) is 5.73 Å². The minimum atomic E-state index is 0.105. The van der Waals surface area contributed by atoms with Crippen LogP contribution in [0.15, 0.2) is 28.7 Å². The van der Waals surface area contributed by atoms with Crippen molar-refractivity contribution in [2.45, 2.75) is 44.3 Å². The zero-order valence-corrected chi connectivity index (χ0v) is 13.0. The Hall–Kier alpha value is -0.420. The van der Waals surface area contributed by atoms with Gasteiger partial charge in [0, 0.05) is 16.6 Å². The van der Waals surface area contributed by atoms with Gasteiger partial charge in [-0.1, -0.05) is 35.0 Å².